The van der Waals surface area contributed by atoms with Gasteiger partial charge in [-0.25, -0.2) is 0 Å². The van der Waals surface area contributed by atoms with Crippen LogP contribution in [0, 0.1) is 0 Å². The van der Waals surface area contributed by atoms with E-state index in [4.69, 9.17) is 0 Å². The number of rotatable bonds is 4. The molecule has 1 fully saturated rings. The largest absolute Gasteiger partial charge is 0.353 e. The van der Waals surface area contributed by atoms with Crippen LogP contribution in [0.3, 0.4) is 0 Å². The molecule has 106 valence electrons. The Hall–Kier alpha value is -0.580. The van der Waals surface area contributed by atoms with Gasteiger partial charge in [0.15, 0.2) is 0 Å². The van der Waals surface area contributed by atoms with Gasteiger partial charge in [0.05, 0.1) is 5.33 Å². The summed E-state index contributed by atoms with van der Waals surface area (Å²) in [5.74, 6) is 0.0940. The maximum Gasteiger partial charge on any atom is 0.230 e. The van der Waals surface area contributed by atoms with Gasteiger partial charge in [-0.15, -0.1) is 12.4 Å². The van der Waals surface area contributed by atoms with Crippen LogP contribution in [0.5, 0.6) is 0 Å². The second-order valence-electron chi connectivity index (χ2n) is 4.74. The van der Waals surface area contributed by atoms with Crippen LogP contribution in [0.25, 0.3) is 0 Å². The molecule has 0 spiro atoms. The van der Waals surface area contributed by atoms with E-state index < -0.39 is 0 Å². The van der Waals surface area contributed by atoms with Gasteiger partial charge < -0.3 is 5.32 Å². The van der Waals surface area contributed by atoms with Gasteiger partial charge in [-0.1, -0.05) is 46.3 Å². The highest BCUT2D eigenvalue weighted by Gasteiger charge is 2.20. The van der Waals surface area contributed by atoms with Crippen molar-refractivity contribution in [2.24, 2.45) is 0 Å². The molecule has 1 N–H and O–H groups in total. The lowest BCUT2D eigenvalue weighted by molar-refractivity contribution is -0.119. The number of carbonyl (C=O) groups is 1. The molecule has 0 radical (unpaired) electrons. The smallest absolute Gasteiger partial charge is 0.230 e. The minimum atomic E-state index is 0. The van der Waals surface area contributed by atoms with Crippen LogP contribution in [0.15, 0.2) is 30.3 Å². The van der Waals surface area contributed by atoms with Crippen molar-refractivity contribution >= 4 is 34.2 Å². The van der Waals surface area contributed by atoms with Crippen LogP contribution in [-0.4, -0.2) is 35.3 Å². The Morgan fingerprint density at radius 3 is 2.47 bits per heavy atom. The summed E-state index contributed by atoms with van der Waals surface area (Å²) in [5, 5.41) is 3.44. The zero-order chi connectivity index (χ0) is 12.8. The first-order chi connectivity index (χ1) is 8.78. The van der Waals surface area contributed by atoms with Crippen molar-refractivity contribution < 1.29 is 4.79 Å². The summed E-state index contributed by atoms with van der Waals surface area (Å²) < 4.78 is 0. The molecule has 19 heavy (non-hydrogen) atoms. The Bertz CT molecular complexity index is 380. The first-order valence-electron chi connectivity index (χ1n) is 6.39. The van der Waals surface area contributed by atoms with Gasteiger partial charge in [0.2, 0.25) is 5.91 Å². The van der Waals surface area contributed by atoms with Gasteiger partial charge in [0, 0.05) is 25.7 Å². The highest BCUT2D eigenvalue weighted by Crippen LogP contribution is 2.13. The molecular weight excluding hydrogens is 328 g/mol. The minimum Gasteiger partial charge on any atom is -0.353 e. The van der Waals surface area contributed by atoms with Gasteiger partial charge in [-0.2, -0.15) is 0 Å². The number of carbonyl (C=O) groups excluding carboxylic acids is 1. The number of hydrogen-bond donors (Lipinski definition) is 1. The molecule has 1 saturated heterocycles. The van der Waals surface area contributed by atoms with E-state index in [2.05, 4.69) is 50.4 Å². The number of likely N-dealkylation sites (tertiary alicyclic amines) is 1. The summed E-state index contributed by atoms with van der Waals surface area (Å²) in [7, 11) is 0. The summed E-state index contributed by atoms with van der Waals surface area (Å²) in [6, 6.07) is 10.9. The van der Waals surface area contributed by atoms with Gasteiger partial charge in [0.1, 0.15) is 0 Å². The van der Waals surface area contributed by atoms with E-state index >= 15 is 0 Å². The standard InChI is InChI=1S/C14H19BrN2O.ClH/c15-10-14(18)16-13-6-8-17(9-7-13)11-12-4-2-1-3-5-12;/h1-5,13H,6-11H2,(H,16,18);1H. The predicted octanol–water partition coefficient (Wildman–Crippen LogP) is 2.58. The molecule has 0 aromatic heterocycles. The Morgan fingerprint density at radius 1 is 1.26 bits per heavy atom. The van der Waals surface area contributed by atoms with Gasteiger partial charge >= 0.3 is 0 Å². The summed E-state index contributed by atoms with van der Waals surface area (Å²) in [6.45, 7) is 3.13. The third kappa shape index (κ3) is 5.51. The van der Waals surface area contributed by atoms with Gasteiger partial charge in [0.25, 0.3) is 0 Å². The normalized spacial score (nSPS) is 16.7. The highest BCUT2D eigenvalue weighted by molar-refractivity contribution is 9.09. The average Bonchev–Trinajstić information content (AvgIpc) is 2.42. The molecule has 1 aromatic carbocycles. The van der Waals surface area contributed by atoms with Crippen LogP contribution < -0.4 is 5.32 Å². The highest BCUT2D eigenvalue weighted by atomic mass is 79.9. The molecule has 3 nitrogen and oxygen atoms in total. The molecule has 1 amide bonds. The van der Waals surface area contributed by atoms with Crippen molar-refractivity contribution in [3.63, 3.8) is 0 Å². The van der Waals surface area contributed by atoms with Crippen LogP contribution in [0.1, 0.15) is 18.4 Å². The number of nitrogens with zero attached hydrogens (tertiary/aromatic N) is 1. The molecular formula is C14H20BrClN2O. The molecule has 0 aliphatic carbocycles. The number of piperidine rings is 1. The van der Waals surface area contributed by atoms with Gasteiger partial charge in [-0.3, -0.25) is 9.69 Å². The maximum atomic E-state index is 11.3. The van der Waals surface area contributed by atoms with E-state index in [1.54, 1.807) is 0 Å². The summed E-state index contributed by atoms with van der Waals surface area (Å²) in [5.41, 5.74) is 1.36. The summed E-state index contributed by atoms with van der Waals surface area (Å²) >= 11 is 3.18. The van der Waals surface area contributed by atoms with Crippen LogP contribution in [0.2, 0.25) is 0 Å². The lowest BCUT2D eigenvalue weighted by Crippen LogP contribution is -2.44. The van der Waals surface area contributed by atoms with E-state index in [1.807, 2.05) is 6.07 Å². The molecule has 0 bridgehead atoms. The van der Waals surface area contributed by atoms with Crippen LogP contribution in [-0.2, 0) is 11.3 Å². The van der Waals surface area contributed by atoms with E-state index in [-0.39, 0.29) is 18.3 Å². The van der Waals surface area contributed by atoms with E-state index in [0.29, 0.717) is 11.4 Å². The second-order valence-corrected chi connectivity index (χ2v) is 5.30. The first kappa shape index (κ1) is 16.5. The van der Waals surface area contributed by atoms with Crippen molar-refractivity contribution in [2.45, 2.75) is 25.4 Å². The number of halogens is 2. The molecule has 1 aliphatic rings. The Balaban J connectivity index is 0.00000180. The van der Waals surface area contributed by atoms with Crippen molar-refractivity contribution in [1.82, 2.24) is 10.2 Å². The van der Waals surface area contributed by atoms with Crippen molar-refractivity contribution in [3.05, 3.63) is 35.9 Å². The van der Waals surface area contributed by atoms with Gasteiger partial charge in [-0.05, 0) is 18.4 Å². The van der Waals surface area contributed by atoms with Crippen LogP contribution in [0.4, 0.5) is 0 Å². The third-order valence-corrected chi connectivity index (χ3v) is 3.83. The van der Waals surface area contributed by atoms with E-state index in [9.17, 15) is 4.79 Å². The fourth-order valence-corrected chi connectivity index (χ4v) is 2.51. The van der Waals surface area contributed by atoms with E-state index in [1.165, 1.54) is 5.56 Å². The third-order valence-electron chi connectivity index (χ3n) is 3.32. The molecule has 1 heterocycles. The Labute approximate surface area is 129 Å². The molecule has 1 aliphatic heterocycles. The summed E-state index contributed by atoms with van der Waals surface area (Å²) in [6.07, 6.45) is 2.09. The number of benzene rings is 1. The van der Waals surface area contributed by atoms with E-state index in [0.717, 1.165) is 32.5 Å². The van der Waals surface area contributed by atoms with Crippen molar-refractivity contribution in [1.29, 1.82) is 0 Å². The monoisotopic (exact) mass is 346 g/mol. The SMILES string of the molecule is Cl.O=C(CBr)NC1CCN(Cc2ccccc2)CC1. The van der Waals surface area contributed by atoms with Crippen LogP contribution >= 0.6 is 28.3 Å². The molecule has 1 aromatic rings. The lowest BCUT2D eigenvalue weighted by atomic mass is 10.0. The molecule has 0 atom stereocenters. The Morgan fingerprint density at radius 2 is 1.89 bits per heavy atom. The number of hydrogen-bond acceptors (Lipinski definition) is 2. The topological polar surface area (TPSA) is 32.3 Å². The lowest BCUT2D eigenvalue weighted by Gasteiger charge is -2.32. The second kappa shape index (κ2) is 8.56. The first-order valence-corrected chi connectivity index (χ1v) is 7.51. The minimum absolute atomic E-state index is 0. The predicted molar refractivity (Wildman–Crippen MR) is 83.9 cm³/mol. The molecule has 0 saturated carbocycles. The fourth-order valence-electron chi connectivity index (χ4n) is 2.34. The number of alkyl halides is 1. The van der Waals surface area contributed by atoms with Crippen molar-refractivity contribution in [3.8, 4) is 0 Å². The zero-order valence-corrected chi connectivity index (χ0v) is 13.3. The molecule has 5 heteroatoms. The molecule has 0 unspecified atom stereocenters. The number of nitrogens with one attached hydrogen (secondary N) is 1. The van der Waals surface area contributed by atoms with Crippen molar-refractivity contribution in [2.75, 3.05) is 18.4 Å². The fraction of sp³-hybridized carbons (Fsp3) is 0.500. The number of amides is 1. The quantitative estimate of drug-likeness (QED) is 0.849. The zero-order valence-electron chi connectivity index (χ0n) is 10.8. The molecule has 2 rings (SSSR count). The summed E-state index contributed by atoms with van der Waals surface area (Å²) in [4.78, 5) is 13.7. The maximum absolute atomic E-state index is 11.3. The Kier molecular flexibility index (Phi) is 7.42. The average molecular weight is 348 g/mol.